The Bertz CT molecular complexity index is 1820. The number of fused-ring (bicyclic) bond motifs is 3. The van der Waals surface area contributed by atoms with E-state index in [1.54, 1.807) is 0 Å². The molecule has 8 rings (SSSR count). The Kier molecular flexibility index (Phi) is 8.04. The van der Waals surface area contributed by atoms with Crippen molar-refractivity contribution in [2.75, 3.05) is 4.90 Å². The molecule has 0 aliphatic heterocycles. The lowest BCUT2D eigenvalue weighted by atomic mass is 9.69. The zero-order valence-corrected chi connectivity index (χ0v) is 28.3. The molecule has 3 aliphatic carbocycles. The number of anilines is 3. The Balaban J connectivity index is 1.22. The largest absolute Gasteiger partial charge is 0.310 e. The molecule has 2 saturated carbocycles. The van der Waals surface area contributed by atoms with E-state index in [1.165, 1.54) is 127 Å². The molecule has 0 saturated heterocycles. The summed E-state index contributed by atoms with van der Waals surface area (Å²) in [5.74, 6) is 0.706. The predicted molar refractivity (Wildman–Crippen MR) is 199 cm³/mol. The van der Waals surface area contributed by atoms with E-state index in [-0.39, 0.29) is 10.8 Å². The van der Waals surface area contributed by atoms with Gasteiger partial charge in [0.05, 0.1) is 0 Å². The minimum Gasteiger partial charge on any atom is -0.310 e. The molecule has 0 heterocycles. The van der Waals surface area contributed by atoms with E-state index in [4.69, 9.17) is 0 Å². The van der Waals surface area contributed by atoms with Gasteiger partial charge in [-0.15, -0.1) is 0 Å². The third-order valence-corrected chi connectivity index (χ3v) is 12.0. The average Bonchev–Trinajstić information content (AvgIpc) is 3.26. The topological polar surface area (TPSA) is 3.24 Å². The molecule has 1 heteroatoms. The monoisotopic (exact) mass is 615 g/mol. The molecule has 47 heavy (non-hydrogen) atoms. The second kappa shape index (κ2) is 12.5. The van der Waals surface area contributed by atoms with Gasteiger partial charge in [-0.1, -0.05) is 144 Å². The SMILES string of the molecule is CC1(C)c2ccccc2-c2cc(N(c3ccc(C4CCCCC4)cc3)c3ccc(C4(c5ccccc5)CCCCCC4)cc3)ccc21. The lowest BCUT2D eigenvalue weighted by Crippen LogP contribution is -2.27. The van der Waals surface area contributed by atoms with Crippen molar-refractivity contribution in [3.63, 3.8) is 0 Å². The van der Waals surface area contributed by atoms with Crippen LogP contribution in [0.2, 0.25) is 0 Å². The molecule has 0 spiro atoms. The van der Waals surface area contributed by atoms with Crippen molar-refractivity contribution in [1.82, 2.24) is 0 Å². The van der Waals surface area contributed by atoms with Gasteiger partial charge in [-0.25, -0.2) is 0 Å². The first-order chi connectivity index (χ1) is 23.0. The summed E-state index contributed by atoms with van der Waals surface area (Å²) in [5.41, 5.74) is 13.8. The van der Waals surface area contributed by atoms with Crippen LogP contribution in [-0.4, -0.2) is 0 Å². The maximum absolute atomic E-state index is 2.49. The quantitative estimate of drug-likeness (QED) is 0.172. The van der Waals surface area contributed by atoms with E-state index in [2.05, 4.69) is 140 Å². The van der Waals surface area contributed by atoms with E-state index >= 15 is 0 Å². The maximum Gasteiger partial charge on any atom is 0.0468 e. The Morgan fingerprint density at radius 2 is 1.04 bits per heavy atom. The van der Waals surface area contributed by atoms with Crippen molar-refractivity contribution in [1.29, 1.82) is 0 Å². The van der Waals surface area contributed by atoms with Crippen molar-refractivity contribution >= 4 is 17.1 Å². The van der Waals surface area contributed by atoms with Crippen molar-refractivity contribution in [3.8, 4) is 11.1 Å². The normalized spacial score (nSPS) is 18.6. The van der Waals surface area contributed by atoms with E-state index < -0.39 is 0 Å². The van der Waals surface area contributed by atoms with Gasteiger partial charge in [-0.3, -0.25) is 0 Å². The molecule has 2 fully saturated rings. The van der Waals surface area contributed by atoms with Gasteiger partial charge in [-0.05, 0) is 107 Å². The third-order valence-electron chi connectivity index (χ3n) is 12.0. The highest BCUT2D eigenvalue weighted by Crippen LogP contribution is 2.51. The molecule has 0 N–H and O–H groups in total. The summed E-state index contributed by atoms with van der Waals surface area (Å²) in [6.45, 7) is 4.74. The molecule has 5 aromatic carbocycles. The molecule has 0 radical (unpaired) electrons. The molecule has 0 unspecified atom stereocenters. The summed E-state index contributed by atoms with van der Waals surface area (Å²) in [7, 11) is 0. The molecule has 0 aromatic heterocycles. The molecular weight excluding hydrogens is 567 g/mol. The minimum atomic E-state index is 0.00302. The molecule has 0 atom stereocenters. The van der Waals surface area contributed by atoms with Gasteiger partial charge in [0.15, 0.2) is 0 Å². The van der Waals surface area contributed by atoms with Crippen molar-refractivity contribution in [3.05, 3.63) is 149 Å². The number of hydrogen-bond acceptors (Lipinski definition) is 1. The number of nitrogens with zero attached hydrogens (tertiary/aromatic N) is 1. The first kappa shape index (κ1) is 30.2. The van der Waals surface area contributed by atoms with Crippen LogP contribution in [0, 0.1) is 0 Å². The highest BCUT2D eigenvalue weighted by molar-refractivity contribution is 5.86. The third kappa shape index (κ3) is 5.42. The fourth-order valence-electron chi connectivity index (χ4n) is 9.39. The fourth-order valence-corrected chi connectivity index (χ4v) is 9.39. The summed E-state index contributed by atoms with van der Waals surface area (Å²) in [5, 5.41) is 0. The predicted octanol–water partition coefficient (Wildman–Crippen LogP) is 13.2. The summed E-state index contributed by atoms with van der Waals surface area (Å²) < 4.78 is 0. The van der Waals surface area contributed by atoms with E-state index in [0.717, 1.165) is 0 Å². The molecule has 5 aromatic rings. The van der Waals surface area contributed by atoms with Crippen LogP contribution in [0.5, 0.6) is 0 Å². The first-order valence-electron chi connectivity index (χ1n) is 18.4. The van der Waals surface area contributed by atoms with Gasteiger partial charge in [0.2, 0.25) is 0 Å². The zero-order chi connectivity index (χ0) is 31.8. The van der Waals surface area contributed by atoms with Crippen molar-refractivity contribution in [2.45, 2.75) is 101 Å². The Morgan fingerprint density at radius 3 is 1.74 bits per heavy atom. The molecule has 0 amide bonds. The van der Waals surface area contributed by atoms with Gasteiger partial charge in [0, 0.05) is 27.9 Å². The molecule has 238 valence electrons. The maximum atomic E-state index is 2.49. The summed E-state index contributed by atoms with van der Waals surface area (Å²) in [4.78, 5) is 2.49. The lowest BCUT2D eigenvalue weighted by Gasteiger charge is -2.35. The Hall–Kier alpha value is -4.10. The smallest absolute Gasteiger partial charge is 0.0468 e. The van der Waals surface area contributed by atoms with Crippen molar-refractivity contribution < 1.29 is 0 Å². The molecular formula is C46H49N. The van der Waals surface area contributed by atoms with Gasteiger partial charge in [-0.2, -0.15) is 0 Å². The van der Waals surface area contributed by atoms with Crippen LogP contribution in [0.25, 0.3) is 11.1 Å². The second-order valence-electron chi connectivity index (χ2n) is 15.1. The number of rotatable bonds is 6. The van der Waals surface area contributed by atoms with Crippen LogP contribution in [0.15, 0.2) is 121 Å². The highest BCUT2D eigenvalue weighted by atomic mass is 15.1. The van der Waals surface area contributed by atoms with Gasteiger partial charge in [0.25, 0.3) is 0 Å². The Morgan fingerprint density at radius 1 is 0.489 bits per heavy atom. The Labute approximate surface area is 282 Å². The summed E-state index contributed by atoms with van der Waals surface area (Å²) in [6, 6.07) is 46.8. The van der Waals surface area contributed by atoms with Crippen LogP contribution in [-0.2, 0) is 10.8 Å². The van der Waals surface area contributed by atoms with Gasteiger partial charge < -0.3 is 4.90 Å². The highest BCUT2D eigenvalue weighted by Gasteiger charge is 2.36. The molecule has 3 aliphatic rings. The molecule has 1 nitrogen and oxygen atoms in total. The number of hydrogen-bond donors (Lipinski definition) is 0. The van der Waals surface area contributed by atoms with E-state index in [0.29, 0.717) is 5.92 Å². The van der Waals surface area contributed by atoms with Gasteiger partial charge in [0.1, 0.15) is 0 Å². The zero-order valence-electron chi connectivity index (χ0n) is 28.3. The van der Waals surface area contributed by atoms with E-state index in [1.807, 2.05) is 0 Å². The van der Waals surface area contributed by atoms with Crippen LogP contribution >= 0.6 is 0 Å². The second-order valence-corrected chi connectivity index (χ2v) is 15.1. The van der Waals surface area contributed by atoms with Crippen LogP contribution in [0.3, 0.4) is 0 Å². The molecule has 0 bridgehead atoms. The van der Waals surface area contributed by atoms with E-state index in [9.17, 15) is 0 Å². The van der Waals surface area contributed by atoms with Crippen LogP contribution in [0.1, 0.15) is 118 Å². The van der Waals surface area contributed by atoms with Crippen LogP contribution < -0.4 is 4.90 Å². The van der Waals surface area contributed by atoms with Gasteiger partial charge >= 0.3 is 0 Å². The minimum absolute atomic E-state index is 0.00302. The average molecular weight is 616 g/mol. The standard InChI is InChI=1S/C46H49N/c1-45(2)43-20-12-11-19-41(43)42-33-40(29-30-44(42)45)47(38-25-21-35(22-26-38)34-15-7-5-8-16-34)39-27-23-37(24-28-39)46(31-13-3-4-14-32-46)36-17-9-6-10-18-36/h6,9-12,17-30,33-34H,3-5,7-8,13-16,31-32H2,1-2H3. The van der Waals surface area contributed by atoms with Crippen molar-refractivity contribution in [2.24, 2.45) is 0 Å². The fraction of sp³-hybridized carbons (Fsp3) is 0.348. The first-order valence-corrected chi connectivity index (χ1v) is 18.4. The lowest BCUT2D eigenvalue weighted by molar-refractivity contribution is 0.443. The number of benzene rings is 5. The summed E-state index contributed by atoms with van der Waals surface area (Å²) in [6.07, 6.45) is 14.5. The summed E-state index contributed by atoms with van der Waals surface area (Å²) >= 11 is 0. The van der Waals surface area contributed by atoms with Crippen LogP contribution in [0.4, 0.5) is 17.1 Å².